The highest BCUT2D eigenvalue weighted by atomic mass is 35.5. The van der Waals surface area contributed by atoms with Crippen molar-refractivity contribution in [1.29, 1.82) is 0 Å². The van der Waals surface area contributed by atoms with E-state index >= 15 is 0 Å². The van der Waals surface area contributed by atoms with Crippen LogP contribution in [-0.4, -0.2) is 22.7 Å². The van der Waals surface area contributed by atoms with E-state index in [0.29, 0.717) is 27.9 Å². The SMILES string of the molecule is Cc1cc(C)c(Nc2nccc(C(=O)Nc3ccc4c(c3)OCO4)n2)c(Cl)c1. The first-order valence-corrected chi connectivity index (χ1v) is 8.95. The molecule has 3 aromatic rings. The zero-order valence-electron chi connectivity index (χ0n) is 15.2. The lowest BCUT2D eigenvalue weighted by Crippen LogP contribution is -2.14. The maximum Gasteiger partial charge on any atom is 0.274 e. The largest absolute Gasteiger partial charge is 0.454 e. The first-order valence-electron chi connectivity index (χ1n) is 8.57. The van der Waals surface area contributed by atoms with E-state index in [-0.39, 0.29) is 24.3 Å². The summed E-state index contributed by atoms with van der Waals surface area (Å²) in [5.41, 5.74) is 3.53. The van der Waals surface area contributed by atoms with Gasteiger partial charge >= 0.3 is 0 Å². The van der Waals surface area contributed by atoms with E-state index in [2.05, 4.69) is 20.6 Å². The van der Waals surface area contributed by atoms with E-state index < -0.39 is 0 Å². The van der Waals surface area contributed by atoms with Gasteiger partial charge in [-0.1, -0.05) is 17.7 Å². The number of carbonyl (C=O) groups excluding carboxylic acids is 1. The number of amides is 1. The molecule has 0 bridgehead atoms. The van der Waals surface area contributed by atoms with E-state index in [1.54, 1.807) is 18.2 Å². The van der Waals surface area contributed by atoms with Crippen molar-refractivity contribution < 1.29 is 14.3 Å². The number of benzene rings is 2. The molecule has 1 aromatic heterocycles. The molecule has 0 aliphatic carbocycles. The van der Waals surface area contributed by atoms with Gasteiger partial charge in [-0.2, -0.15) is 0 Å². The smallest absolute Gasteiger partial charge is 0.274 e. The fourth-order valence-electron chi connectivity index (χ4n) is 2.90. The van der Waals surface area contributed by atoms with Crippen LogP contribution < -0.4 is 20.1 Å². The lowest BCUT2D eigenvalue weighted by molar-refractivity contribution is 0.102. The minimum atomic E-state index is -0.365. The van der Waals surface area contributed by atoms with Crippen molar-refractivity contribution in [1.82, 2.24) is 9.97 Å². The number of aromatic nitrogens is 2. The van der Waals surface area contributed by atoms with Crippen LogP contribution in [0.3, 0.4) is 0 Å². The first-order chi connectivity index (χ1) is 13.5. The fourth-order valence-corrected chi connectivity index (χ4v) is 3.27. The third-order valence-electron chi connectivity index (χ3n) is 4.19. The molecule has 1 amide bonds. The minimum Gasteiger partial charge on any atom is -0.454 e. The highest BCUT2D eigenvalue weighted by Crippen LogP contribution is 2.34. The normalized spacial score (nSPS) is 12.0. The standard InChI is InChI=1S/C20H17ClN4O3/c1-11-7-12(2)18(14(21)8-11)25-20-22-6-5-15(24-20)19(26)23-13-3-4-16-17(9-13)28-10-27-16/h3-9H,10H2,1-2H3,(H,23,26)(H,22,24,25). The Bertz CT molecular complexity index is 1050. The Labute approximate surface area is 166 Å². The second-order valence-corrected chi connectivity index (χ2v) is 6.76. The Morgan fingerprint density at radius 2 is 1.93 bits per heavy atom. The van der Waals surface area contributed by atoms with Crippen LogP contribution in [0.5, 0.6) is 11.5 Å². The van der Waals surface area contributed by atoms with Gasteiger partial charge in [0.15, 0.2) is 11.5 Å². The van der Waals surface area contributed by atoms with Gasteiger partial charge in [0.1, 0.15) is 5.69 Å². The second-order valence-electron chi connectivity index (χ2n) is 6.35. The molecule has 0 saturated carbocycles. The average molecular weight is 397 g/mol. The number of halogens is 1. The minimum absolute atomic E-state index is 0.175. The number of hydrogen-bond acceptors (Lipinski definition) is 6. The molecule has 1 aliphatic heterocycles. The maximum atomic E-state index is 12.6. The third kappa shape index (κ3) is 3.70. The summed E-state index contributed by atoms with van der Waals surface area (Å²) >= 11 is 6.32. The number of ether oxygens (including phenoxy) is 2. The van der Waals surface area contributed by atoms with Gasteiger partial charge in [-0.15, -0.1) is 0 Å². The lowest BCUT2D eigenvalue weighted by Gasteiger charge is -2.12. The quantitative estimate of drug-likeness (QED) is 0.676. The van der Waals surface area contributed by atoms with Crippen molar-refractivity contribution in [2.24, 2.45) is 0 Å². The summed E-state index contributed by atoms with van der Waals surface area (Å²) in [7, 11) is 0. The van der Waals surface area contributed by atoms with E-state index in [9.17, 15) is 4.79 Å². The molecular weight excluding hydrogens is 380 g/mol. The van der Waals surface area contributed by atoms with E-state index in [4.69, 9.17) is 21.1 Å². The van der Waals surface area contributed by atoms with E-state index in [0.717, 1.165) is 11.1 Å². The number of rotatable bonds is 4. The van der Waals surface area contributed by atoms with Crippen molar-refractivity contribution in [3.63, 3.8) is 0 Å². The van der Waals surface area contributed by atoms with Crippen LogP contribution in [-0.2, 0) is 0 Å². The zero-order chi connectivity index (χ0) is 19.7. The Hall–Kier alpha value is -3.32. The molecular formula is C20H17ClN4O3. The molecule has 2 heterocycles. The number of anilines is 3. The summed E-state index contributed by atoms with van der Waals surface area (Å²) in [6, 6.07) is 10.6. The summed E-state index contributed by atoms with van der Waals surface area (Å²) in [5.74, 6) is 1.16. The van der Waals surface area contributed by atoms with Gasteiger partial charge < -0.3 is 20.1 Å². The number of carbonyl (C=O) groups is 1. The Kier molecular flexibility index (Phi) is 4.75. The van der Waals surface area contributed by atoms with Gasteiger partial charge in [0.2, 0.25) is 12.7 Å². The number of fused-ring (bicyclic) bond motifs is 1. The lowest BCUT2D eigenvalue weighted by atomic mass is 10.1. The number of nitrogens with zero attached hydrogens (tertiary/aromatic N) is 2. The molecule has 2 N–H and O–H groups in total. The van der Waals surface area contributed by atoms with Gasteiger partial charge in [0.25, 0.3) is 5.91 Å². The molecule has 0 atom stereocenters. The molecule has 0 spiro atoms. The zero-order valence-corrected chi connectivity index (χ0v) is 16.0. The van der Waals surface area contributed by atoms with Gasteiger partial charge in [0.05, 0.1) is 10.7 Å². The van der Waals surface area contributed by atoms with Gasteiger partial charge in [0, 0.05) is 18.0 Å². The molecule has 8 heteroatoms. The summed E-state index contributed by atoms with van der Waals surface area (Å²) in [4.78, 5) is 21.0. The molecule has 0 fully saturated rings. The van der Waals surface area contributed by atoms with Crippen molar-refractivity contribution in [2.45, 2.75) is 13.8 Å². The van der Waals surface area contributed by atoms with Crippen LogP contribution in [0, 0.1) is 13.8 Å². The molecule has 4 rings (SSSR count). The first kappa shape index (κ1) is 18.1. The topological polar surface area (TPSA) is 85.4 Å². The predicted molar refractivity (Wildman–Crippen MR) is 107 cm³/mol. The number of aryl methyl sites for hydroxylation is 2. The second kappa shape index (κ2) is 7.36. The van der Waals surface area contributed by atoms with Gasteiger partial charge in [-0.25, -0.2) is 9.97 Å². The van der Waals surface area contributed by atoms with Crippen LogP contribution in [0.4, 0.5) is 17.3 Å². The summed E-state index contributed by atoms with van der Waals surface area (Å²) in [6.07, 6.45) is 1.52. The summed E-state index contributed by atoms with van der Waals surface area (Å²) < 4.78 is 10.6. The van der Waals surface area contributed by atoms with Crippen LogP contribution in [0.1, 0.15) is 21.6 Å². The molecule has 2 aromatic carbocycles. The summed E-state index contributed by atoms with van der Waals surface area (Å²) in [6.45, 7) is 4.09. The average Bonchev–Trinajstić information content (AvgIpc) is 3.12. The molecule has 28 heavy (non-hydrogen) atoms. The molecule has 0 radical (unpaired) electrons. The van der Waals surface area contributed by atoms with E-state index in [1.165, 1.54) is 12.3 Å². The van der Waals surface area contributed by atoms with Crippen molar-refractivity contribution in [3.8, 4) is 11.5 Å². The fraction of sp³-hybridized carbons (Fsp3) is 0.150. The van der Waals surface area contributed by atoms with Crippen molar-refractivity contribution >= 4 is 34.8 Å². The monoisotopic (exact) mass is 396 g/mol. The van der Waals surface area contributed by atoms with Gasteiger partial charge in [-0.3, -0.25) is 4.79 Å². The molecule has 0 saturated heterocycles. The van der Waals surface area contributed by atoms with Gasteiger partial charge in [-0.05, 0) is 49.2 Å². The Morgan fingerprint density at radius 3 is 2.75 bits per heavy atom. The third-order valence-corrected chi connectivity index (χ3v) is 4.49. The number of nitrogens with one attached hydrogen (secondary N) is 2. The Morgan fingerprint density at radius 1 is 1.11 bits per heavy atom. The molecule has 7 nitrogen and oxygen atoms in total. The molecule has 142 valence electrons. The van der Waals surface area contributed by atoms with Crippen LogP contribution >= 0.6 is 11.6 Å². The van der Waals surface area contributed by atoms with E-state index in [1.807, 2.05) is 26.0 Å². The van der Waals surface area contributed by atoms with Crippen molar-refractivity contribution in [3.05, 3.63) is 64.4 Å². The Balaban J connectivity index is 1.53. The molecule has 1 aliphatic rings. The molecule has 0 unspecified atom stereocenters. The van der Waals surface area contributed by atoms with Crippen LogP contribution in [0.15, 0.2) is 42.6 Å². The summed E-state index contributed by atoms with van der Waals surface area (Å²) in [5, 5.41) is 6.45. The predicted octanol–water partition coefficient (Wildman–Crippen LogP) is 4.47. The van der Waals surface area contributed by atoms with Crippen LogP contribution in [0.25, 0.3) is 0 Å². The highest BCUT2D eigenvalue weighted by Gasteiger charge is 2.16. The van der Waals surface area contributed by atoms with Crippen molar-refractivity contribution in [2.75, 3.05) is 17.4 Å². The highest BCUT2D eigenvalue weighted by molar-refractivity contribution is 6.33. The maximum absolute atomic E-state index is 12.6. The number of hydrogen-bond donors (Lipinski definition) is 2. The van der Waals surface area contributed by atoms with Crippen LogP contribution in [0.2, 0.25) is 5.02 Å².